The number of carbonyl (C=O) groups excluding carboxylic acids is 1. The number of hydrogen-bond donors (Lipinski definition) is 1. The molecular formula is C12H11FN2O4S2. The summed E-state index contributed by atoms with van der Waals surface area (Å²) in [5, 5.41) is 0.132. The van der Waals surface area contributed by atoms with Crippen LogP contribution in [0.3, 0.4) is 0 Å². The van der Waals surface area contributed by atoms with Gasteiger partial charge in [-0.1, -0.05) is 0 Å². The van der Waals surface area contributed by atoms with Crippen molar-refractivity contribution in [2.45, 2.75) is 11.8 Å². The normalized spacial score (nSPS) is 11.2. The van der Waals surface area contributed by atoms with E-state index < -0.39 is 26.7 Å². The molecule has 6 nitrogen and oxygen atoms in total. The van der Waals surface area contributed by atoms with Crippen molar-refractivity contribution in [3.8, 4) is 0 Å². The van der Waals surface area contributed by atoms with Crippen LogP contribution in [0, 0.1) is 12.7 Å². The summed E-state index contributed by atoms with van der Waals surface area (Å²) in [6.07, 6.45) is 1.50. The van der Waals surface area contributed by atoms with Gasteiger partial charge in [-0.15, -0.1) is 11.3 Å². The highest BCUT2D eigenvalue weighted by atomic mass is 32.2. The van der Waals surface area contributed by atoms with Crippen molar-refractivity contribution in [3.05, 3.63) is 40.7 Å². The number of esters is 1. The van der Waals surface area contributed by atoms with Gasteiger partial charge in [0, 0.05) is 11.1 Å². The summed E-state index contributed by atoms with van der Waals surface area (Å²) in [4.78, 5) is 15.8. The minimum absolute atomic E-state index is 0.132. The minimum Gasteiger partial charge on any atom is -0.465 e. The lowest BCUT2D eigenvalue weighted by Crippen LogP contribution is -2.17. The number of aryl methyl sites for hydroxylation is 1. The van der Waals surface area contributed by atoms with Gasteiger partial charge < -0.3 is 4.74 Å². The van der Waals surface area contributed by atoms with E-state index in [1.807, 2.05) is 0 Å². The monoisotopic (exact) mass is 330 g/mol. The first-order chi connectivity index (χ1) is 9.83. The third-order valence-corrected chi connectivity index (χ3v) is 4.82. The molecule has 0 radical (unpaired) electrons. The summed E-state index contributed by atoms with van der Waals surface area (Å²) in [5.74, 6) is -1.65. The van der Waals surface area contributed by atoms with Crippen LogP contribution in [0.2, 0.25) is 0 Å². The van der Waals surface area contributed by atoms with E-state index in [0.29, 0.717) is 0 Å². The number of methoxy groups -OCH3 is 1. The van der Waals surface area contributed by atoms with E-state index in [-0.39, 0.29) is 10.7 Å². The molecule has 112 valence electrons. The Kier molecular flexibility index (Phi) is 4.24. The molecule has 0 saturated carbocycles. The van der Waals surface area contributed by atoms with E-state index >= 15 is 0 Å². The minimum atomic E-state index is -4.15. The summed E-state index contributed by atoms with van der Waals surface area (Å²) in [6, 6.07) is 2.80. The van der Waals surface area contributed by atoms with E-state index in [9.17, 15) is 17.6 Å². The Bertz CT molecular complexity index is 786. The Hall–Kier alpha value is -2.00. The molecule has 0 amide bonds. The van der Waals surface area contributed by atoms with Gasteiger partial charge in [-0.05, 0) is 25.1 Å². The maximum absolute atomic E-state index is 13.3. The highest BCUT2D eigenvalue weighted by Crippen LogP contribution is 2.24. The molecule has 1 N–H and O–H groups in total. The SMILES string of the molecule is COC(=O)c1ccc(F)cc1S(=O)(=O)Nc1ncc(C)s1. The number of sulfonamides is 1. The van der Waals surface area contributed by atoms with Crippen molar-refractivity contribution in [1.29, 1.82) is 0 Å². The summed E-state index contributed by atoms with van der Waals surface area (Å²) < 4.78 is 44.6. The van der Waals surface area contributed by atoms with Crippen LogP contribution in [0.5, 0.6) is 0 Å². The first-order valence-corrected chi connectivity index (χ1v) is 7.96. The van der Waals surface area contributed by atoms with Crippen LogP contribution >= 0.6 is 11.3 Å². The van der Waals surface area contributed by atoms with Crippen molar-refractivity contribution in [3.63, 3.8) is 0 Å². The predicted octanol–water partition coefficient (Wildman–Crippen LogP) is 2.18. The second-order valence-electron chi connectivity index (χ2n) is 4.01. The summed E-state index contributed by atoms with van der Waals surface area (Å²) in [7, 11) is -3.04. The lowest BCUT2D eigenvalue weighted by molar-refractivity contribution is 0.0596. The fourth-order valence-electron chi connectivity index (χ4n) is 1.57. The van der Waals surface area contributed by atoms with Crippen LogP contribution < -0.4 is 4.72 Å². The number of anilines is 1. The second-order valence-corrected chi connectivity index (χ2v) is 6.90. The number of nitrogens with one attached hydrogen (secondary N) is 1. The summed E-state index contributed by atoms with van der Waals surface area (Å²) >= 11 is 1.12. The molecule has 0 saturated heterocycles. The zero-order chi connectivity index (χ0) is 15.6. The zero-order valence-electron chi connectivity index (χ0n) is 11.1. The number of rotatable bonds is 4. The molecule has 0 aliphatic carbocycles. The Labute approximate surface area is 124 Å². The highest BCUT2D eigenvalue weighted by Gasteiger charge is 2.24. The van der Waals surface area contributed by atoms with Gasteiger partial charge in [0.05, 0.1) is 12.7 Å². The van der Waals surface area contributed by atoms with Crippen LogP contribution in [0.1, 0.15) is 15.2 Å². The Morgan fingerprint density at radius 1 is 1.43 bits per heavy atom. The molecule has 2 rings (SSSR count). The number of nitrogens with zero attached hydrogens (tertiary/aromatic N) is 1. The molecule has 0 bridgehead atoms. The molecule has 1 aromatic heterocycles. The molecule has 0 spiro atoms. The van der Waals surface area contributed by atoms with Gasteiger partial charge in [0.1, 0.15) is 10.7 Å². The average Bonchev–Trinajstić information content (AvgIpc) is 2.82. The zero-order valence-corrected chi connectivity index (χ0v) is 12.7. The summed E-state index contributed by atoms with van der Waals surface area (Å²) in [5.41, 5.74) is -0.250. The molecule has 9 heteroatoms. The van der Waals surface area contributed by atoms with E-state index in [0.717, 1.165) is 41.5 Å². The standard InChI is InChI=1S/C12H11FN2O4S2/c1-7-6-14-12(20-7)15-21(17,18)10-5-8(13)3-4-9(10)11(16)19-2/h3-6H,1-2H3,(H,14,15). The van der Waals surface area contributed by atoms with Gasteiger partial charge >= 0.3 is 5.97 Å². The number of carbonyl (C=O) groups is 1. The number of ether oxygens (including phenoxy) is 1. The Morgan fingerprint density at radius 2 is 2.14 bits per heavy atom. The third-order valence-electron chi connectivity index (χ3n) is 2.48. The van der Waals surface area contributed by atoms with Gasteiger partial charge in [-0.3, -0.25) is 4.72 Å². The fraction of sp³-hybridized carbons (Fsp3) is 0.167. The van der Waals surface area contributed by atoms with Crippen molar-refractivity contribution >= 4 is 32.5 Å². The molecule has 0 aliphatic rings. The molecule has 0 aliphatic heterocycles. The summed E-state index contributed by atoms with van der Waals surface area (Å²) in [6.45, 7) is 1.76. The van der Waals surface area contributed by atoms with Gasteiger partial charge in [0.25, 0.3) is 10.0 Å². The lowest BCUT2D eigenvalue weighted by atomic mass is 10.2. The maximum atomic E-state index is 13.3. The van der Waals surface area contributed by atoms with Crippen molar-refractivity contribution in [2.24, 2.45) is 0 Å². The highest BCUT2D eigenvalue weighted by molar-refractivity contribution is 7.93. The molecule has 0 fully saturated rings. The van der Waals surface area contributed by atoms with Crippen LogP contribution in [-0.4, -0.2) is 26.5 Å². The van der Waals surface area contributed by atoms with Crippen LogP contribution in [0.15, 0.2) is 29.3 Å². The van der Waals surface area contributed by atoms with Crippen LogP contribution in [0.25, 0.3) is 0 Å². The molecule has 0 unspecified atom stereocenters. The second kappa shape index (κ2) is 5.78. The average molecular weight is 330 g/mol. The van der Waals surface area contributed by atoms with Crippen molar-refractivity contribution < 1.29 is 22.3 Å². The quantitative estimate of drug-likeness (QED) is 0.869. The predicted molar refractivity (Wildman–Crippen MR) is 75.4 cm³/mol. The maximum Gasteiger partial charge on any atom is 0.339 e. The first-order valence-electron chi connectivity index (χ1n) is 5.66. The van der Waals surface area contributed by atoms with E-state index in [1.54, 1.807) is 6.92 Å². The molecule has 2 aromatic rings. The number of aromatic nitrogens is 1. The van der Waals surface area contributed by atoms with Gasteiger partial charge in [0.2, 0.25) is 0 Å². The van der Waals surface area contributed by atoms with Crippen LogP contribution in [0.4, 0.5) is 9.52 Å². The number of halogens is 1. The molecule has 1 aromatic carbocycles. The smallest absolute Gasteiger partial charge is 0.339 e. The van der Waals surface area contributed by atoms with Crippen molar-refractivity contribution in [2.75, 3.05) is 11.8 Å². The first kappa shape index (κ1) is 15.4. The molecular weight excluding hydrogens is 319 g/mol. The van der Waals surface area contributed by atoms with Crippen molar-refractivity contribution in [1.82, 2.24) is 4.98 Å². The number of thiazole rings is 1. The van der Waals surface area contributed by atoms with E-state index in [1.165, 1.54) is 6.20 Å². The van der Waals surface area contributed by atoms with Crippen LogP contribution in [-0.2, 0) is 14.8 Å². The lowest BCUT2D eigenvalue weighted by Gasteiger charge is -2.09. The van der Waals surface area contributed by atoms with Gasteiger partial charge in [-0.25, -0.2) is 22.6 Å². The molecule has 0 atom stereocenters. The topological polar surface area (TPSA) is 85.4 Å². The molecule has 1 heterocycles. The van der Waals surface area contributed by atoms with E-state index in [4.69, 9.17) is 0 Å². The third kappa shape index (κ3) is 3.37. The number of benzene rings is 1. The fourth-order valence-corrected chi connectivity index (χ4v) is 3.68. The Morgan fingerprint density at radius 3 is 2.71 bits per heavy atom. The van der Waals surface area contributed by atoms with E-state index in [2.05, 4.69) is 14.4 Å². The number of hydrogen-bond acceptors (Lipinski definition) is 6. The largest absolute Gasteiger partial charge is 0.465 e. The van der Waals surface area contributed by atoms with Gasteiger partial charge in [0.15, 0.2) is 5.13 Å². The molecule has 21 heavy (non-hydrogen) atoms. The van der Waals surface area contributed by atoms with Gasteiger partial charge in [-0.2, -0.15) is 0 Å². The Balaban J connectivity index is 2.48.